The molecule has 0 radical (unpaired) electrons. The van der Waals surface area contributed by atoms with E-state index < -0.39 is 0 Å². The molecule has 0 aliphatic rings. The first kappa shape index (κ1) is 18.5. The minimum atomic E-state index is -0.0600. The van der Waals surface area contributed by atoms with Crippen molar-refractivity contribution in [2.75, 3.05) is 19.7 Å². The SMILES string of the molecule is N#CCCCOc1cccc(CNCCNC(=O)c2ccccc2)c1. The van der Waals surface area contributed by atoms with Crippen molar-refractivity contribution >= 4 is 5.91 Å². The van der Waals surface area contributed by atoms with Crippen molar-refractivity contribution in [2.24, 2.45) is 0 Å². The Morgan fingerprint density at radius 1 is 1.08 bits per heavy atom. The number of hydrogen-bond donors (Lipinski definition) is 2. The lowest BCUT2D eigenvalue weighted by molar-refractivity contribution is 0.0954. The summed E-state index contributed by atoms with van der Waals surface area (Å²) < 4.78 is 5.62. The van der Waals surface area contributed by atoms with Crippen molar-refractivity contribution in [1.29, 1.82) is 5.26 Å². The van der Waals surface area contributed by atoms with Gasteiger partial charge in [0.2, 0.25) is 0 Å². The van der Waals surface area contributed by atoms with Gasteiger partial charge in [0.15, 0.2) is 0 Å². The Morgan fingerprint density at radius 3 is 2.72 bits per heavy atom. The van der Waals surface area contributed by atoms with Crippen LogP contribution in [0.15, 0.2) is 54.6 Å². The molecule has 2 rings (SSSR count). The van der Waals surface area contributed by atoms with Gasteiger partial charge in [-0.05, 0) is 36.2 Å². The summed E-state index contributed by atoms with van der Waals surface area (Å²) in [4.78, 5) is 11.9. The Bertz CT molecular complexity index is 696. The van der Waals surface area contributed by atoms with Gasteiger partial charge in [-0.15, -0.1) is 0 Å². The minimum absolute atomic E-state index is 0.0600. The van der Waals surface area contributed by atoms with Crippen molar-refractivity contribution < 1.29 is 9.53 Å². The molecule has 0 heterocycles. The van der Waals surface area contributed by atoms with Crippen LogP contribution in [0, 0.1) is 11.3 Å². The Hall–Kier alpha value is -2.84. The summed E-state index contributed by atoms with van der Waals surface area (Å²) in [5, 5.41) is 14.7. The first-order valence-corrected chi connectivity index (χ1v) is 8.42. The maximum absolute atomic E-state index is 11.9. The van der Waals surface area contributed by atoms with E-state index in [1.807, 2.05) is 42.5 Å². The number of ether oxygens (including phenoxy) is 1. The van der Waals surface area contributed by atoms with Crippen LogP contribution >= 0.6 is 0 Å². The van der Waals surface area contributed by atoms with Crippen LogP contribution in [0.25, 0.3) is 0 Å². The van der Waals surface area contributed by atoms with Gasteiger partial charge in [-0.3, -0.25) is 4.79 Å². The van der Waals surface area contributed by atoms with Gasteiger partial charge >= 0.3 is 0 Å². The van der Waals surface area contributed by atoms with Crippen molar-refractivity contribution in [3.8, 4) is 11.8 Å². The van der Waals surface area contributed by atoms with Crippen molar-refractivity contribution in [2.45, 2.75) is 19.4 Å². The molecule has 0 saturated heterocycles. The third-order valence-electron chi connectivity index (χ3n) is 3.55. The quantitative estimate of drug-likeness (QED) is 0.654. The van der Waals surface area contributed by atoms with Crippen molar-refractivity contribution in [1.82, 2.24) is 10.6 Å². The number of benzene rings is 2. The predicted molar refractivity (Wildman–Crippen MR) is 97.3 cm³/mol. The van der Waals surface area contributed by atoms with Crippen LogP contribution < -0.4 is 15.4 Å². The van der Waals surface area contributed by atoms with Crippen molar-refractivity contribution in [3.63, 3.8) is 0 Å². The van der Waals surface area contributed by atoms with E-state index in [2.05, 4.69) is 16.7 Å². The summed E-state index contributed by atoms with van der Waals surface area (Å²) in [5.41, 5.74) is 1.79. The third-order valence-corrected chi connectivity index (χ3v) is 3.55. The van der Waals surface area contributed by atoms with Gasteiger partial charge in [0, 0.05) is 31.6 Å². The molecule has 2 aromatic carbocycles. The number of carbonyl (C=O) groups excluding carboxylic acids is 1. The Balaban J connectivity index is 1.64. The Morgan fingerprint density at radius 2 is 1.92 bits per heavy atom. The zero-order valence-corrected chi connectivity index (χ0v) is 14.2. The van der Waals surface area contributed by atoms with E-state index in [9.17, 15) is 4.79 Å². The molecular formula is C20H23N3O2. The molecule has 0 saturated carbocycles. The molecule has 1 amide bonds. The Kier molecular flexibility index (Phi) is 8.02. The van der Waals surface area contributed by atoms with E-state index in [-0.39, 0.29) is 5.91 Å². The summed E-state index contributed by atoms with van der Waals surface area (Å²) >= 11 is 0. The highest BCUT2D eigenvalue weighted by atomic mass is 16.5. The lowest BCUT2D eigenvalue weighted by Crippen LogP contribution is -2.31. The molecule has 130 valence electrons. The van der Waals surface area contributed by atoms with E-state index in [0.29, 0.717) is 38.2 Å². The number of nitriles is 1. The lowest BCUT2D eigenvalue weighted by atomic mass is 10.2. The fourth-order valence-electron chi connectivity index (χ4n) is 2.28. The van der Waals surface area contributed by atoms with Crippen LogP contribution in [-0.4, -0.2) is 25.6 Å². The molecule has 0 aliphatic carbocycles. The summed E-state index contributed by atoms with van der Waals surface area (Å²) in [6.45, 7) is 2.51. The molecule has 0 fully saturated rings. The topological polar surface area (TPSA) is 74.2 Å². The maximum atomic E-state index is 11.9. The highest BCUT2D eigenvalue weighted by Gasteiger charge is 2.02. The summed E-state index contributed by atoms with van der Waals surface area (Å²) in [7, 11) is 0. The molecule has 0 aliphatic heterocycles. The van der Waals surface area contributed by atoms with E-state index >= 15 is 0 Å². The molecule has 0 bridgehead atoms. The number of nitrogens with zero attached hydrogens (tertiary/aromatic N) is 1. The van der Waals surface area contributed by atoms with E-state index in [1.165, 1.54) is 0 Å². The third kappa shape index (κ3) is 7.06. The van der Waals surface area contributed by atoms with Crippen LogP contribution in [0.3, 0.4) is 0 Å². The molecule has 2 aromatic rings. The molecule has 25 heavy (non-hydrogen) atoms. The standard InChI is InChI=1S/C20H23N3O2/c21-11-4-5-14-25-19-10-6-7-17(15-19)16-22-12-13-23-20(24)18-8-2-1-3-9-18/h1-3,6-10,15,22H,4-5,12-14,16H2,(H,23,24). The number of nitrogens with one attached hydrogen (secondary N) is 2. The van der Waals surface area contributed by atoms with Crippen molar-refractivity contribution in [3.05, 3.63) is 65.7 Å². The summed E-state index contributed by atoms with van der Waals surface area (Å²) in [6, 6.07) is 19.2. The number of unbranched alkanes of at least 4 members (excludes halogenated alkanes) is 1. The van der Waals surface area contributed by atoms with E-state index in [1.54, 1.807) is 12.1 Å². The second-order valence-corrected chi connectivity index (χ2v) is 5.56. The number of rotatable bonds is 10. The van der Waals surface area contributed by atoms with Gasteiger partial charge < -0.3 is 15.4 Å². The zero-order valence-electron chi connectivity index (χ0n) is 14.2. The number of amides is 1. The maximum Gasteiger partial charge on any atom is 0.251 e. The highest BCUT2D eigenvalue weighted by Crippen LogP contribution is 2.13. The summed E-state index contributed by atoms with van der Waals surface area (Å²) in [6.07, 6.45) is 1.25. The number of hydrogen-bond acceptors (Lipinski definition) is 4. The Labute approximate surface area is 148 Å². The second kappa shape index (κ2) is 10.8. The normalized spacial score (nSPS) is 10.0. The van der Waals surface area contributed by atoms with Gasteiger partial charge in [-0.2, -0.15) is 5.26 Å². The van der Waals surface area contributed by atoms with Gasteiger partial charge in [0.1, 0.15) is 5.75 Å². The first-order valence-electron chi connectivity index (χ1n) is 8.42. The fraction of sp³-hybridized carbons (Fsp3) is 0.300. The molecular weight excluding hydrogens is 314 g/mol. The van der Waals surface area contributed by atoms with E-state index in [4.69, 9.17) is 10.00 Å². The van der Waals surface area contributed by atoms with Gasteiger partial charge in [-0.25, -0.2) is 0 Å². The minimum Gasteiger partial charge on any atom is -0.494 e. The monoisotopic (exact) mass is 337 g/mol. The average Bonchev–Trinajstić information content (AvgIpc) is 2.66. The first-order chi connectivity index (χ1) is 12.3. The largest absolute Gasteiger partial charge is 0.494 e. The molecule has 2 N–H and O–H groups in total. The molecule has 5 heteroatoms. The van der Waals surface area contributed by atoms with Crippen LogP contribution in [-0.2, 0) is 6.54 Å². The smallest absolute Gasteiger partial charge is 0.251 e. The molecule has 0 unspecified atom stereocenters. The summed E-state index contributed by atoms with van der Waals surface area (Å²) in [5.74, 6) is 0.754. The molecule has 0 aromatic heterocycles. The van der Waals surface area contributed by atoms with Crippen LogP contribution in [0.4, 0.5) is 0 Å². The van der Waals surface area contributed by atoms with Crippen LogP contribution in [0.1, 0.15) is 28.8 Å². The number of carbonyl (C=O) groups is 1. The zero-order chi connectivity index (χ0) is 17.7. The second-order valence-electron chi connectivity index (χ2n) is 5.56. The molecule has 0 spiro atoms. The van der Waals surface area contributed by atoms with Gasteiger partial charge in [0.05, 0.1) is 12.7 Å². The molecule has 0 atom stereocenters. The van der Waals surface area contributed by atoms with Crippen LogP contribution in [0.5, 0.6) is 5.75 Å². The molecule has 5 nitrogen and oxygen atoms in total. The highest BCUT2D eigenvalue weighted by molar-refractivity contribution is 5.94. The van der Waals surface area contributed by atoms with E-state index in [0.717, 1.165) is 17.7 Å². The predicted octanol–water partition coefficient (Wildman–Crippen LogP) is 2.89. The van der Waals surface area contributed by atoms with Gasteiger partial charge in [-0.1, -0.05) is 30.3 Å². The van der Waals surface area contributed by atoms with Gasteiger partial charge in [0.25, 0.3) is 5.91 Å². The average molecular weight is 337 g/mol. The fourth-order valence-corrected chi connectivity index (χ4v) is 2.28. The lowest BCUT2D eigenvalue weighted by Gasteiger charge is -2.09. The van der Waals surface area contributed by atoms with Crippen LogP contribution in [0.2, 0.25) is 0 Å².